The van der Waals surface area contributed by atoms with Gasteiger partial charge < -0.3 is 10.6 Å². The van der Waals surface area contributed by atoms with Crippen LogP contribution < -0.4 is 10.6 Å². The fourth-order valence-electron chi connectivity index (χ4n) is 2.07. The number of alkyl halides is 3. The first-order valence-electron chi connectivity index (χ1n) is 6.95. The third-order valence-corrected chi connectivity index (χ3v) is 3.51. The van der Waals surface area contributed by atoms with Crippen LogP contribution in [0.3, 0.4) is 0 Å². The summed E-state index contributed by atoms with van der Waals surface area (Å²) in [5.41, 5.74) is -1.18. The van der Waals surface area contributed by atoms with E-state index in [2.05, 4.69) is 15.6 Å². The summed E-state index contributed by atoms with van der Waals surface area (Å²) in [7, 11) is 0. The van der Waals surface area contributed by atoms with E-state index in [9.17, 15) is 18.0 Å². The number of carbonyl (C=O) groups is 1. The van der Waals surface area contributed by atoms with Crippen molar-refractivity contribution in [2.24, 2.45) is 0 Å². The molecule has 2 rings (SSSR count). The maximum absolute atomic E-state index is 12.9. The van der Waals surface area contributed by atoms with Crippen LogP contribution in [-0.2, 0) is 6.42 Å². The molecule has 1 amide bonds. The van der Waals surface area contributed by atoms with Crippen LogP contribution in [0.4, 0.5) is 19.0 Å². The van der Waals surface area contributed by atoms with Gasteiger partial charge in [-0.2, -0.15) is 13.2 Å². The van der Waals surface area contributed by atoms with E-state index in [1.54, 1.807) is 0 Å². The molecule has 0 aliphatic heterocycles. The van der Waals surface area contributed by atoms with Crippen molar-refractivity contribution in [3.8, 4) is 0 Å². The number of nitrogens with one attached hydrogen (secondary N) is 2. The van der Waals surface area contributed by atoms with Gasteiger partial charge in [-0.1, -0.05) is 6.92 Å². The highest BCUT2D eigenvalue weighted by Crippen LogP contribution is 2.49. The predicted octanol–water partition coefficient (Wildman–Crippen LogP) is 2.90. The van der Waals surface area contributed by atoms with Gasteiger partial charge in [-0.3, -0.25) is 4.79 Å². The minimum Gasteiger partial charge on any atom is -0.370 e. The monoisotopic (exact) mass is 301 g/mol. The molecule has 1 aromatic heterocycles. The fourth-order valence-corrected chi connectivity index (χ4v) is 2.07. The van der Waals surface area contributed by atoms with E-state index in [0.717, 1.165) is 0 Å². The molecule has 1 saturated carbocycles. The zero-order valence-electron chi connectivity index (χ0n) is 12.0. The summed E-state index contributed by atoms with van der Waals surface area (Å²) in [5.74, 6) is -0.208. The topological polar surface area (TPSA) is 54.0 Å². The van der Waals surface area contributed by atoms with Crippen LogP contribution in [0.5, 0.6) is 0 Å². The summed E-state index contributed by atoms with van der Waals surface area (Å²) in [6, 6.07) is 3.01. The second-order valence-electron chi connectivity index (χ2n) is 5.15. The average molecular weight is 301 g/mol. The van der Waals surface area contributed by atoms with E-state index in [1.165, 1.54) is 12.1 Å². The quantitative estimate of drug-likeness (QED) is 0.879. The molecule has 0 saturated heterocycles. The lowest BCUT2D eigenvalue weighted by Gasteiger charge is -2.21. The van der Waals surface area contributed by atoms with Crippen molar-refractivity contribution in [1.29, 1.82) is 0 Å². The zero-order chi connectivity index (χ0) is 15.7. The van der Waals surface area contributed by atoms with Gasteiger partial charge in [0.05, 0.1) is 0 Å². The van der Waals surface area contributed by atoms with Gasteiger partial charge in [0.15, 0.2) is 0 Å². The Kier molecular flexibility index (Phi) is 4.11. The minimum atomic E-state index is -4.41. The first-order chi connectivity index (χ1) is 9.81. The van der Waals surface area contributed by atoms with Gasteiger partial charge in [-0.15, -0.1) is 0 Å². The van der Waals surface area contributed by atoms with Crippen molar-refractivity contribution >= 4 is 11.7 Å². The molecule has 116 valence electrons. The van der Waals surface area contributed by atoms with E-state index in [-0.39, 0.29) is 18.4 Å². The van der Waals surface area contributed by atoms with Crippen molar-refractivity contribution in [2.45, 2.75) is 44.8 Å². The number of anilines is 1. The number of aryl methyl sites for hydroxylation is 1. The average Bonchev–Trinajstić information content (AvgIpc) is 3.19. The van der Waals surface area contributed by atoms with E-state index < -0.39 is 17.6 Å². The molecule has 21 heavy (non-hydrogen) atoms. The Hall–Kier alpha value is -1.79. The lowest BCUT2D eigenvalue weighted by atomic mass is 10.1. The molecule has 0 aromatic carbocycles. The number of aromatic nitrogens is 1. The molecule has 1 aliphatic rings. The summed E-state index contributed by atoms with van der Waals surface area (Å²) >= 11 is 0. The van der Waals surface area contributed by atoms with Gasteiger partial charge in [0.1, 0.15) is 11.4 Å². The summed E-state index contributed by atoms with van der Waals surface area (Å²) in [6.07, 6.45) is -3.93. The van der Waals surface area contributed by atoms with Crippen molar-refractivity contribution in [3.63, 3.8) is 0 Å². The van der Waals surface area contributed by atoms with Crippen molar-refractivity contribution in [3.05, 3.63) is 23.4 Å². The van der Waals surface area contributed by atoms with E-state index >= 15 is 0 Å². The number of hydrogen-bond donors (Lipinski definition) is 2. The molecular weight excluding hydrogens is 283 g/mol. The van der Waals surface area contributed by atoms with E-state index in [4.69, 9.17) is 0 Å². The molecule has 1 heterocycles. The number of hydrogen-bond acceptors (Lipinski definition) is 3. The maximum atomic E-state index is 12.9. The van der Waals surface area contributed by atoms with Gasteiger partial charge in [0.25, 0.3) is 5.91 Å². The standard InChI is InChI=1S/C14H18F3N3O/c1-3-10-7-9(8-11(19-10)18-4-2)12(21)20-13(5-6-13)14(15,16)17/h7-8H,3-6H2,1-2H3,(H,18,19)(H,20,21). The van der Waals surface area contributed by atoms with Crippen molar-refractivity contribution < 1.29 is 18.0 Å². The van der Waals surface area contributed by atoms with E-state index in [1.807, 2.05) is 13.8 Å². The van der Waals surface area contributed by atoms with Gasteiger partial charge in [-0.05, 0) is 38.3 Å². The highest BCUT2D eigenvalue weighted by molar-refractivity contribution is 5.95. The molecule has 0 radical (unpaired) electrons. The Morgan fingerprint density at radius 1 is 1.33 bits per heavy atom. The lowest BCUT2D eigenvalue weighted by Crippen LogP contribution is -2.47. The molecule has 0 spiro atoms. The molecule has 0 bridgehead atoms. The van der Waals surface area contributed by atoms with Crippen LogP contribution in [0.15, 0.2) is 12.1 Å². The van der Waals surface area contributed by atoms with Crippen molar-refractivity contribution in [1.82, 2.24) is 10.3 Å². The van der Waals surface area contributed by atoms with Crippen LogP contribution in [0.1, 0.15) is 42.7 Å². The SMILES string of the molecule is CCNc1cc(C(=O)NC2(C(F)(F)F)CC2)cc(CC)n1. The summed E-state index contributed by atoms with van der Waals surface area (Å²) in [6.45, 7) is 4.37. The van der Waals surface area contributed by atoms with Gasteiger partial charge in [-0.25, -0.2) is 4.98 Å². The van der Waals surface area contributed by atoms with Gasteiger partial charge >= 0.3 is 6.18 Å². The number of halogens is 3. The summed E-state index contributed by atoms with van der Waals surface area (Å²) < 4.78 is 38.6. The smallest absolute Gasteiger partial charge is 0.370 e. The summed E-state index contributed by atoms with van der Waals surface area (Å²) in [4.78, 5) is 16.4. The molecule has 7 heteroatoms. The van der Waals surface area contributed by atoms with Crippen LogP contribution >= 0.6 is 0 Å². The fraction of sp³-hybridized carbons (Fsp3) is 0.571. The van der Waals surface area contributed by atoms with Crippen LogP contribution in [0, 0.1) is 0 Å². The molecule has 1 fully saturated rings. The Balaban J connectivity index is 2.21. The molecule has 1 aromatic rings. The Morgan fingerprint density at radius 2 is 2.00 bits per heavy atom. The molecular formula is C14H18F3N3O. The number of pyridine rings is 1. The molecule has 1 aliphatic carbocycles. The van der Waals surface area contributed by atoms with Crippen LogP contribution in [0.2, 0.25) is 0 Å². The van der Waals surface area contributed by atoms with Gasteiger partial charge in [0, 0.05) is 17.8 Å². The highest BCUT2D eigenvalue weighted by atomic mass is 19.4. The van der Waals surface area contributed by atoms with Crippen LogP contribution in [0.25, 0.3) is 0 Å². The van der Waals surface area contributed by atoms with Crippen LogP contribution in [-0.4, -0.2) is 29.2 Å². The minimum absolute atomic E-state index is 0.0615. The number of nitrogens with zero attached hydrogens (tertiary/aromatic N) is 1. The number of rotatable bonds is 5. The zero-order valence-corrected chi connectivity index (χ0v) is 12.0. The number of amides is 1. The lowest BCUT2D eigenvalue weighted by molar-refractivity contribution is -0.163. The second kappa shape index (κ2) is 5.54. The normalized spacial score (nSPS) is 16.4. The molecule has 4 nitrogen and oxygen atoms in total. The Labute approximate surface area is 121 Å². The largest absolute Gasteiger partial charge is 0.411 e. The third-order valence-electron chi connectivity index (χ3n) is 3.51. The first kappa shape index (κ1) is 15.6. The maximum Gasteiger partial charge on any atom is 0.411 e. The molecule has 0 unspecified atom stereocenters. The second-order valence-corrected chi connectivity index (χ2v) is 5.15. The van der Waals surface area contributed by atoms with Crippen molar-refractivity contribution in [2.75, 3.05) is 11.9 Å². The first-order valence-corrected chi connectivity index (χ1v) is 6.95. The number of carbonyl (C=O) groups excluding carboxylic acids is 1. The molecule has 2 N–H and O–H groups in total. The Bertz CT molecular complexity index is 539. The van der Waals surface area contributed by atoms with E-state index in [0.29, 0.717) is 24.5 Å². The Morgan fingerprint density at radius 3 is 2.48 bits per heavy atom. The third kappa shape index (κ3) is 3.28. The molecule has 0 atom stereocenters. The van der Waals surface area contributed by atoms with Gasteiger partial charge in [0.2, 0.25) is 0 Å². The highest BCUT2D eigenvalue weighted by Gasteiger charge is 2.64. The summed E-state index contributed by atoms with van der Waals surface area (Å²) in [5, 5.41) is 5.10. The predicted molar refractivity (Wildman–Crippen MR) is 73.3 cm³/mol.